The van der Waals surface area contributed by atoms with Gasteiger partial charge in [-0.1, -0.05) is 25.7 Å². The Labute approximate surface area is 120 Å². The van der Waals surface area contributed by atoms with Gasteiger partial charge < -0.3 is 15.7 Å². The Morgan fingerprint density at radius 2 is 1.80 bits per heavy atom. The van der Waals surface area contributed by atoms with Crippen LogP contribution in [-0.4, -0.2) is 29.2 Å². The third kappa shape index (κ3) is 5.12. The second-order valence-electron chi connectivity index (χ2n) is 5.34. The Balaban J connectivity index is 2.43. The molecule has 0 saturated heterocycles. The summed E-state index contributed by atoms with van der Waals surface area (Å²) in [6.45, 7) is 0.517. The summed E-state index contributed by atoms with van der Waals surface area (Å²) < 4.78 is 0. The van der Waals surface area contributed by atoms with Crippen molar-refractivity contribution in [2.45, 2.75) is 63.3 Å². The molecule has 0 atom stereocenters. The first-order valence-electron chi connectivity index (χ1n) is 7.33. The van der Waals surface area contributed by atoms with E-state index in [2.05, 4.69) is 16.6 Å². The summed E-state index contributed by atoms with van der Waals surface area (Å²) in [4.78, 5) is 23.4. The van der Waals surface area contributed by atoms with Crippen molar-refractivity contribution in [2.24, 2.45) is 0 Å². The van der Waals surface area contributed by atoms with Gasteiger partial charge >= 0.3 is 12.0 Å². The van der Waals surface area contributed by atoms with Crippen molar-refractivity contribution in [3.05, 3.63) is 0 Å². The van der Waals surface area contributed by atoms with Crippen LogP contribution in [-0.2, 0) is 4.79 Å². The quantitative estimate of drug-likeness (QED) is 0.397. The smallest absolute Gasteiger partial charge is 0.329 e. The van der Waals surface area contributed by atoms with E-state index in [9.17, 15) is 14.7 Å². The van der Waals surface area contributed by atoms with E-state index >= 15 is 0 Å². The number of amides is 2. The SMILES string of the molecule is C#CCCCCNC(=O)NC1(C(=O)O)CCCCCC1. The lowest BCUT2D eigenvalue weighted by Gasteiger charge is -2.29. The summed E-state index contributed by atoms with van der Waals surface area (Å²) >= 11 is 0. The second kappa shape index (κ2) is 8.47. The lowest BCUT2D eigenvalue weighted by atomic mass is 9.90. The van der Waals surface area contributed by atoms with Crippen LogP contribution in [0.15, 0.2) is 0 Å². The van der Waals surface area contributed by atoms with Crippen LogP contribution in [0, 0.1) is 12.3 Å². The standard InChI is InChI=1S/C15H24N2O3/c1-2-3-4-9-12-16-14(20)17-15(13(18)19)10-7-5-6-8-11-15/h1H,3-12H2,(H,18,19)(H2,16,17,20). The van der Waals surface area contributed by atoms with E-state index in [0.29, 0.717) is 25.8 Å². The predicted octanol–water partition coefficient (Wildman–Crippen LogP) is 2.27. The van der Waals surface area contributed by atoms with E-state index in [1.165, 1.54) is 0 Å². The Morgan fingerprint density at radius 1 is 1.15 bits per heavy atom. The van der Waals surface area contributed by atoms with Crippen LogP contribution in [0.2, 0.25) is 0 Å². The van der Waals surface area contributed by atoms with Crippen molar-refractivity contribution in [3.8, 4) is 12.3 Å². The maximum absolute atomic E-state index is 11.8. The van der Waals surface area contributed by atoms with Crippen LogP contribution < -0.4 is 10.6 Å². The highest BCUT2D eigenvalue weighted by Crippen LogP contribution is 2.27. The van der Waals surface area contributed by atoms with E-state index in [4.69, 9.17) is 6.42 Å². The van der Waals surface area contributed by atoms with Crippen LogP contribution in [0.4, 0.5) is 4.79 Å². The first-order valence-corrected chi connectivity index (χ1v) is 7.33. The zero-order chi connectivity index (χ0) is 14.8. The number of carbonyl (C=O) groups excluding carboxylic acids is 1. The molecule has 0 bridgehead atoms. The summed E-state index contributed by atoms with van der Waals surface area (Å²) in [6.07, 6.45) is 12.3. The highest BCUT2D eigenvalue weighted by atomic mass is 16.4. The van der Waals surface area contributed by atoms with Gasteiger partial charge in [0.15, 0.2) is 0 Å². The van der Waals surface area contributed by atoms with Crippen molar-refractivity contribution in [3.63, 3.8) is 0 Å². The summed E-state index contributed by atoms with van der Waals surface area (Å²) in [5.41, 5.74) is -1.10. The van der Waals surface area contributed by atoms with Gasteiger partial charge in [0.05, 0.1) is 0 Å². The number of urea groups is 1. The Hall–Kier alpha value is -1.70. The number of nitrogens with one attached hydrogen (secondary N) is 2. The Kier molecular flexibility index (Phi) is 6.92. The minimum atomic E-state index is -1.10. The second-order valence-corrected chi connectivity index (χ2v) is 5.34. The molecule has 1 saturated carbocycles. The fourth-order valence-corrected chi connectivity index (χ4v) is 2.54. The number of carboxylic acid groups (broad SMARTS) is 1. The minimum absolute atomic E-state index is 0.394. The topological polar surface area (TPSA) is 78.4 Å². The highest BCUT2D eigenvalue weighted by Gasteiger charge is 2.39. The van der Waals surface area contributed by atoms with E-state index in [-0.39, 0.29) is 0 Å². The van der Waals surface area contributed by atoms with Gasteiger partial charge in [0.25, 0.3) is 0 Å². The number of hydrogen-bond donors (Lipinski definition) is 3. The molecule has 1 aliphatic carbocycles. The molecule has 5 heteroatoms. The molecule has 1 rings (SSSR count). The molecule has 1 fully saturated rings. The molecule has 0 spiro atoms. The minimum Gasteiger partial charge on any atom is -0.480 e. The van der Waals surface area contributed by atoms with Gasteiger partial charge in [0.2, 0.25) is 0 Å². The summed E-state index contributed by atoms with van der Waals surface area (Å²) in [5.74, 6) is 1.61. The van der Waals surface area contributed by atoms with E-state index in [1.807, 2.05) is 0 Å². The maximum atomic E-state index is 11.8. The number of aliphatic carboxylic acids is 1. The molecule has 0 unspecified atom stereocenters. The molecule has 1 aliphatic rings. The van der Waals surface area contributed by atoms with Gasteiger partial charge in [-0.2, -0.15) is 0 Å². The van der Waals surface area contributed by atoms with Gasteiger partial charge in [0, 0.05) is 13.0 Å². The molecule has 2 amide bonds. The summed E-state index contributed by atoms with van der Waals surface area (Å²) in [6, 6.07) is -0.394. The molecule has 3 N–H and O–H groups in total. The molecule has 112 valence electrons. The highest BCUT2D eigenvalue weighted by molar-refractivity contribution is 5.86. The van der Waals surface area contributed by atoms with E-state index in [0.717, 1.165) is 38.5 Å². The average Bonchev–Trinajstić information content (AvgIpc) is 2.65. The van der Waals surface area contributed by atoms with Gasteiger partial charge in [0.1, 0.15) is 5.54 Å². The molecular formula is C15H24N2O3. The van der Waals surface area contributed by atoms with Crippen molar-refractivity contribution >= 4 is 12.0 Å². The third-order valence-electron chi connectivity index (χ3n) is 3.75. The van der Waals surface area contributed by atoms with Gasteiger partial charge in [-0.05, 0) is 25.7 Å². The first kappa shape index (κ1) is 16.4. The zero-order valence-electron chi connectivity index (χ0n) is 11.9. The number of carbonyl (C=O) groups is 2. The molecule has 0 aliphatic heterocycles. The fourth-order valence-electron chi connectivity index (χ4n) is 2.54. The number of unbranched alkanes of at least 4 members (excludes halogenated alkanes) is 2. The summed E-state index contributed by atoms with van der Waals surface area (Å²) in [5, 5.41) is 14.8. The van der Waals surface area contributed by atoms with Crippen molar-refractivity contribution in [2.75, 3.05) is 6.54 Å². The molecule has 0 heterocycles. The normalized spacial score (nSPS) is 17.6. The van der Waals surface area contributed by atoms with Crippen LogP contribution >= 0.6 is 0 Å². The van der Waals surface area contributed by atoms with E-state index in [1.54, 1.807) is 0 Å². The van der Waals surface area contributed by atoms with Crippen LogP contribution in [0.3, 0.4) is 0 Å². The predicted molar refractivity (Wildman–Crippen MR) is 77.3 cm³/mol. The van der Waals surface area contributed by atoms with Crippen molar-refractivity contribution < 1.29 is 14.7 Å². The third-order valence-corrected chi connectivity index (χ3v) is 3.75. The molecule has 5 nitrogen and oxygen atoms in total. The lowest BCUT2D eigenvalue weighted by Crippen LogP contribution is -2.57. The van der Waals surface area contributed by atoms with Crippen LogP contribution in [0.25, 0.3) is 0 Å². The fraction of sp³-hybridized carbons (Fsp3) is 0.733. The molecule has 0 radical (unpaired) electrons. The zero-order valence-corrected chi connectivity index (χ0v) is 11.9. The van der Waals surface area contributed by atoms with Crippen LogP contribution in [0.5, 0.6) is 0 Å². The van der Waals surface area contributed by atoms with Crippen molar-refractivity contribution in [1.29, 1.82) is 0 Å². The van der Waals surface area contributed by atoms with E-state index < -0.39 is 17.5 Å². The van der Waals surface area contributed by atoms with Crippen LogP contribution in [0.1, 0.15) is 57.8 Å². The Bertz CT molecular complexity index is 366. The Morgan fingerprint density at radius 3 is 2.35 bits per heavy atom. The molecular weight excluding hydrogens is 256 g/mol. The number of hydrogen-bond acceptors (Lipinski definition) is 2. The maximum Gasteiger partial charge on any atom is 0.329 e. The molecule has 0 aromatic heterocycles. The number of carboxylic acids is 1. The summed E-state index contributed by atoms with van der Waals surface area (Å²) in [7, 11) is 0. The van der Waals surface area contributed by atoms with Gasteiger partial charge in [-0.25, -0.2) is 9.59 Å². The average molecular weight is 280 g/mol. The van der Waals surface area contributed by atoms with Gasteiger partial charge in [-0.15, -0.1) is 12.3 Å². The molecule has 0 aromatic rings. The monoisotopic (exact) mass is 280 g/mol. The van der Waals surface area contributed by atoms with Gasteiger partial charge in [-0.3, -0.25) is 0 Å². The largest absolute Gasteiger partial charge is 0.480 e. The molecule has 20 heavy (non-hydrogen) atoms. The first-order chi connectivity index (χ1) is 9.60. The number of rotatable bonds is 6. The number of terminal acetylenes is 1. The lowest BCUT2D eigenvalue weighted by molar-refractivity contribution is -0.145. The van der Waals surface area contributed by atoms with Crippen molar-refractivity contribution in [1.82, 2.24) is 10.6 Å². The molecule has 0 aromatic carbocycles.